The molecule has 2 rings (SSSR count). The first kappa shape index (κ1) is 13.1. The molecule has 0 spiro atoms. The Balaban J connectivity index is 1.93. The van der Waals surface area contributed by atoms with Crippen LogP contribution in [0.1, 0.15) is 48.5 Å². The van der Waals surface area contributed by atoms with Gasteiger partial charge in [0.2, 0.25) is 5.91 Å². The minimum absolute atomic E-state index is 0.358. The summed E-state index contributed by atoms with van der Waals surface area (Å²) in [7, 11) is 0. The van der Waals surface area contributed by atoms with Gasteiger partial charge < -0.3 is 11.1 Å². The number of hydrogen-bond donors (Lipinski definition) is 2. The van der Waals surface area contributed by atoms with Gasteiger partial charge in [-0.25, -0.2) is 0 Å². The third-order valence-corrected chi connectivity index (χ3v) is 3.89. The van der Waals surface area contributed by atoms with Crippen molar-refractivity contribution in [2.24, 2.45) is 11.7 Å². The predicted octanol–water partition coefficient (Wildman–Crippen LogP) is 2.45. The van der Waals surface area contributed by atoms with Crippen molar-refractivity contribution in [3.8, 4) is 0 Å². The summed E-state index contributed by atoms with van der Waals surface area (Å²) in [6.45, 7) is 3.13. The van der Waals surface area contributed by atoms with Gasteiger partial charge in [0, 0.05) is 18.2 Å². The van der Waals surface area contributed by atoms with Gasteiger partial charge in [-0.3, -0.25) is 4.79 Å². The Morgan fingerprint density at radius 2 is 2.17 bits per heavy atom. The fourth-order valence-electron chi connectivity index (χ4n) is 2.70. The standard InChI is InChI=1S/C15H22N2O/c1-11-5-2-3-8-14(11)17-10-12-6-4-7-13(9-12)15(16)18/h4,6-7,9,11,14,17H,2-3,5,8,10H2,1H3,(H2,16,18). The summed E-state index contributed by atoms with van der Waals surface area (Å²) in [6.07, 6.45) is 5.26. The molecular weight excluding hydrogens is 224 g/mol. The van der Waals surface area contributed by atoms with Crippen LogP contribution in [0.3, 0.4) is 0 Å². The number of primary amides is 1. The summed E-state index contributed by atoms with van der Waals surface area (Å²) in [5, 5.41) is 3.60. The first-order valence-corrected chi connectivity index (χ1v) is 6.79. The van der Waals surface area contributed by atoms with Crippen molar-refractivity contribution in [1.29, 1.82) is 0 Å². The van der Waals surface area contributed by atoms with E-state index in [2.05, 4.69) is 12.2 Å². The molecule has 0 aliphatic heterocycles. The van der Waals surface area contributed by atoms with E-state index in [0.717, 1.165) is 18.0 Å². The van der Waals surface area contributed by atoms with E-state index < -0.39 is 0 Å². The number of benzene rings is 1. The quantitative estimate of drug-likeness (QED) is 0.857. The maximum absolute atomic E-state index is 11.1. The molecule has 3 heteroatoms. The van der Waals surface area contributed by atoms with E-state index in [4.69, 9.17) is 5.73 Å². The molecular formula is C15H22N2O. The van der Waals surface area contributed by atoms with Crippen LogP contribution in [0.2, 0.25) is 0 Å². The fourth-order valence-corrected chi connectivity index (χ4v) is 2.70. The molecule has 2 atom stereocenters. The van der Waals surface area contributed by atoms with Gasteiger partial charge in [0.05, 0.1) is 0 Å². The van der Waals surface area contributed by atoms with Crippen LogP contribution in [0.4, 0.5) is 0 Å². The summed E-state index contributed by atoms with van der Waals surface area (Å²) in [5.41, 5.74) is 7.00. The molecule has 0 radical (unpaired) electrons. The molecule has 1 aliphatic carbocycles. The van der Waals surface area contributed by atoms with E-state index >= 15 is 0 Å². The van der Waals surface area contributed by atoms with Crippen molar-refractivity contribution in [2.45, 2.75) is 45.2 Å². The van der Waals surface area contributed by atoms with Crippen molar-refractivity contribution < 1.29 is 4.79 Å². The fraction of sp³-hybridized carbons (Fsp3) is 0.533. The lowest BCUT2D eigenvalue weighted by molar-refractivity contribution is 0.1000. The van der Waals surface area contributed by atoms with Gasteiger partial charge in [-0.1, -0.05) is 31.9 Å². The lowest BCUT2D eigenvalue weighted by Crippen LogP contribution is -2.36. The molecule has 18 heavy (non-hydrogen) atoms. The Kier molecular flexibility index (Phi) is 4.37. The Morgan fingerprint density at radius 1 is 1.39 bits per heavy atom. The molecule has 0 aromatic heterocycles. The SMILES string of the molecule is CC1CCCCC1NCc1cccc(C(N)=O)c1. The van der Waals surface area contributed by atoms with Crippen molar-refractivity contribution in [2.75, 3.05) is 0 Å². The van der Waals surface area contributed by atoms with E-state index in [9.17, 15) is 4.79 Å². The van der Waals surface area contributed by atoms with Crippen LogP contribution >= 0.6 is 0 Å². The third kappa shape index (κ3) is 3.33. The topological polar surface area (TPSA) is 55.1 Å². The van der Waals surface area contributed by atoms with Crippen LogP contribution in [0.25, 0.3) is 0 Å². The average Bonchev–Trinajstić information content (AvgIpc) is 2.38. The molecule has 1 aromatic carbocycles. The molecule has 2 unspecified atom stereocenters. The third-order valence-electron chi connectivity index (χ3n) is 3.89. The Labute approximate surface area is 109 Å². The monoisotopic (exact) mass is 246 g/mol. The number of carbonyl (C=O) groups is 1. The van der Waals surface area contributed by atoms with Crippen LogP contribution in [0.5, 0.6) is 0 Å². The first-order valence-electron chi connectivity index (χ1n) is 6.79. The van der Waals surface area contributed by atoms with Gasteiger partial charge in [-0.2, -0.15) is 0 Å². The molecule has 0 saturated heterocycles. The summed E-state index contributed by atoms with van der Waals surface area (Å²) in [6, 6.07) is 8.17. The molecule has 1 saturated carbocycles. The summed E-state index contributed by atoms with van der Waals surface area (Å²) >= 11 is 0. The molecule has 3 N–H and O–H groups in total. The van der Waals surface area contributed by atoms with Crippen molar-refractivity contribution in [3.63, 3.8) is 0 Å². The molecule has 3 nitrogen and oxygen atoms in total. The Morgan fingerprint density at radius 3 is 2.89 bits per heavy atom. The molecule has 1 aromatic rings. The largest absolute Gasteiger partial charge is 0.366 e. The summed E-state index contributed by atoms with van der Waals surface area (Å²) in [4.78, 5) is 11.1. The maximum Gasteiger partial charge on any atom is 0.248 e. The molecule has 1 aliphatic rings. The zero-order valence-electron chi connectivity index (χ0n) is 11.0. The van der Waals surface area contributed by atoms with Crippen LogP contribution in [-0.2, 0) is 6.54 Å². The van der Waals surface area contributed by atoms with Gasteiger partial charge in [-0.05, 0) is 36.5 Å². The van der Waals surface area contributed by atoms with Crippen molar-refractivity contribution in [1.82, 2.24) is 5.32 Å². The number of rotatable bonds is 4. The maximum atomic E-state index is 11.1. The lowest BCUT2D eigenvalue weighted by Gasteiger charge is -2.29. The molecule has 0 bridgehead atoms. The van der Waals surface area contributed by atoms with Gasteiger partial charge >= 0.3 is 0 Å². The molecule has 98 valence electrons. The highest BCUT2D eigenvalue weighted by molar-refractivity contribution is 5.92. The van der Waals surface area contributed by atoms with E-state index in [0.29, 0.717) is 11.6 Å². The Hall–Kier alpha value is -1.35. The summed E-state index contributed by atoms with van der Waals surface area (Å²) < 4.78 is 0. The second kappa shape index (κ2) is 6.01. The van der Waals surface area contributed by atoms with E-state index in [1.165, 1.54) is 25.7 Å². The van der Waals surface area contributed by atoms with Crippen LogP contribution in [0.15, 0.2) is 24.3 Å². The van der Waals surface area contributed by atoms with Gasteiger partial charge in [0.15, 0.2) is 0 Å². The van der Waals surface area contributed by atoms with Crippen molar-refractivity contribution >= 4 is 5.91 Å². The number of carbonyl (C=O) groups excluding carboxylic acids is 1. The van der Waals surface area contributed by atoms with Crippen molar-refractivity contribution in [3.05, 3.63) is 35.4 Å². The number of nitrogens with one attached hydrogen (secondary N) is 1. The summed E-state index contributed by atoms with van der Waals surface area (Å²) in [5.74, 6) is 0.390. The zero-order chi connectivity index (χ0) is 13.0. The van der Waals surface area contributed by atoms with Gasteiger partial charge in [-0.15, -0.1) is 0 Å². The lowest BCUT2D eigenvalue weighted by atomic mass is 9.86. The van der Waals surface area contributed by atoms with Gasteiger partial charge in [0.1, 0.15) is 0 Å². The minimum Gasteiger partial charge on any atom is -0.366 e. The van der Waals surface area contributed by atoms with E-state index in [-0.39, 0.29) is 5.91 Å². The Bertz CT molecular complexity index is 417. The highest BCUT2D eigenvalue weighted by atomic mass is 16.1. The van der Waals surface area contributed by atoms with Crippen LogP contribution < -0.4 is 11.1 Å². The van der Waals surface area contributed by atoms with Crippen LogP contribution in [0, 0.1) is 5.92 Å². The van der Waals surface area contributed by atoms with E-state index in [1.54, 1.807) is 6.07 Å². The average molecular weight is 246 g/mol. The normalized spacial score (nSPS) is 23.8. The minimum atomic E-state index is -0.358. The molecule has 1 fully saturated rings. The smallest absolute Gasteiger partial charge is 0.248 e. The first-order chi connectivity index (χ1) is 8.66. The predicted molar refractivity (Wildman–Crippen MR) is 73.2 cm³/mol. The van der Waals surface area contributed by atoms with E-state index in [1.807, 2.05) is 18.2 Å². The zero-order valence-corrected chi connectivity index (χ0v) is 11.0. The molecule has 1 amide bonds. The number of amides is 1. The van der Waals surface area contributed by atoms with Crippen LogP contribution in [-0.4, -0.2) is 11.9 Å². The second-order valence-corrected chi connectivity index (χ2v) is 5.31. The highest BCUT2D eigenvalue weighted by Gasteiger charge is 2.20. The highest BCUT2D eigenvalue weighted by Crippen LogP contribution is 2.24. The molecule has 0 heterocycles. The number of nitrogens with two attached hydrogens (primary N) is 1. The number of hydrogen-bond acceptors (Lipinski definition) is 2. The second-order valence-electron chi connectivity index (χ2n) is 5.31. The van der Waals surface area contributed by atoms with Gasteiger partial charge in [0.25, 0.3) is 0 Å².